The summed E-state index contributed by atoms with van der Waals surface area (Å²) < 4.78 is 0.922. The molecule has 1 aliphatic heterocycles. The molecule has 0 bridgehead atoms. The molecule has 1 heterocycles. The Morgan fingerprint density at radius 2 is 2.20 bits per heavy atom. The Hall–Kier alpha value is -1.95. The van der Waals surface area contributed by atoms with E-state index in [0.717, 1.165) is 10.0 Å². The van der Waals surface area contributed by atoms with Crippen LogP contribution in [0.25, 0.3) is 6.08 Å². The maximum Gasteiger partial charge on any atom is 0.249 e. The Bertz CT molecular complexity index is 584. The third-order valence-corrected chi connectivity index (χ3v) is 3.32. The molecule has 0 aromatic heterocycles. The van der Waals surface area contributed by atoms with Crippen LogP contribution in [0.2, 0.25) is 0 Å². The second-order valence-corrected chi connectivity index (χ2v) is 5.32. The van der Waals surface area contributed by atoms with Crippen LogP contribution < -0.4 is 10.6 Å². The van der Waals surface area contributed by atoms with Crippen molar-refractivity contribution in [1.82, 2.24) is 10.6 Å². The Labute approximate surface area is 124 Å². The third kappa shape index (κ3) is 4.03. The van der Waals surface area contributed by atoms with Crippen LogP contribution in [0.5, 0.6) is 0 Å². The SMILES string of the molecule is O=C(C=Cc1cccc(Br)c1)NC1CCC(=O)NC1=O. The highest BCUT2D eigenvalue weighted by Gasteiger charge is 2.27. The standard InChI is InChI=1S/C14H13BrN2O3/c15-10-3-1-2-9(8-10)4-6-12(18)16-11-5-7-13(19)17-14(11)20/h1-4,6,8,11H,5,7H2,(H,16,18)(H,17,19,20). The van der Waals surface area contributed by atoms with Gasteiger partial charge in [-0.25, -0.2) is 0 Å². The normalized spacial score (nSPS) is 18.9. The van der Waals surface area contributed by atoms with Gasteiger partial charge in [0.2, 0.25) is 17.7 Å². The lowest BCUT2D eigenvalue weighted by Crippen LogP contribution is -2.51. The largest absolute Gasteiger partial charge is 0.341 e. The maximum absolute atomic E-state index is 11.7. The molecule has 6 heteroatoms. The van der Waals surface area contributed by atoms with E-state index in [1.807, 2.05) is 24.3 Å². The highest BCUT2D eigenvalue weighted by molar-refractivity contribution is 9.10. The molecular formula is C14H13BrN2O3. The van der Waals surface area contributed by atoms with E-state index in [1.54, 1.807) is 6.08 Å². The van der Waals surface area contributed by atoms with Crippen molar-refractivity contribution in [3.63, 3.8) is 0 Å². The van der Waals surface area contributed by atoms with E-state index < -0.39 is 11.9 Å². The number of halogens is 1. The Morgan fingerprint density at radius 1 is 1.40 bits per heavy atom. The molecule has 0 radical (unpaired) electrons. The second-order valence-electron chi connectivity index (χ2n) is 4.40. The van der Waals surface area contributed by atoms with E-state index in [2.05, 4.69) is 26.6 Å². The zero-order valence-corrected chi connectivity index (χ0v) is 12.1. The van der Waals surface area contributed by atoms with Crippen LogP contribution in [-0.2, 0) is 14.4 Å². The summed E-state index contributed by atoms with van der Waals surface area (Å²) in [4.78, 5) is 34.2. The van der Waals surface area contributed by atoms with Gasteiger partial charge in [-0.2, -0.15) is 0 Å². The molecule has 2 N–H and O–H groups in total. The summed E-state index contributed by atoms with van der Waals surface area (Å²) in [6.07, 6.45) is 3.60. The van der Waals surface area contributed by atoms with Gasteiger partial charge in [-0.15, -0.1) is 0 Å². The highest BCUT2D eigenvalue weighted by atomic mass is 79.9. The smallest absolute Gasteiger partial charge is 0.249 e. The van der Waals surface area contributed by atoms with Gasteiger partial charge in [-0.1, -0.05) is 28.1 Å². The lowest BCUT2D eigenvalue weighted by atomic mass is 10.1. The molecule has 1 aliphatic rings. The molecule has 1 aromatic rings. The fourth-order valence-corrected chi connectivity index (χ4v) is 2.25. The van der Waals surface area contributed by atoms with Crippen LogP contribution in [0, 0.1) is 0 Å². The van der Waals surface area contributed by atoms with Crippen molar-refractivity contribution in [2.24, 2.45) is 0 Å². The van der Waals surface area contributed by atoms with E-state index in [-0.39, 0.29) is 18.2 Å². The number of benzene rings is 1. The zero-order valence-electron chi connectivity index (χ0n) is 10.6. The van der Waals surface area contributed by atoms with Crippen molar-refractivity contribution in [3.8, 4) is 0 Å². The van der Waals surface area contributed by atoms with Gasteiger partial charge < -0.3 is 5.32 Å². The Morgan fingerprint density at radius 3 is 2.90 bits per heavy atom. The summed E-state index contributed by atoms with van der Waals surface area (Å²) in [6, 6.07) is 6.84. The summed E-state index contributed by atoms with van der Waals surface area (Å²) in [5.74, 6) is -1.12. The average Bonchev–Trinajstić information content (AvgIpc) is 2.40. The van der Waals surface area contributed by atoms with E-state index >= 15 is 0 Å². The number of rotatable bonds is 3. The van der Waals surface area contributed by atoms with E-state index in [4.69, 9.17) is 0 Å². The minimum Gasteiger partial charge on any atom is -0.341 e. The van der Waals surface area contributed by atoms with Gasteiger partial charge in [0, 0.05) is 17.0 Å². The molecule has 0 aliphatic carbocycles. The molecular weight excluding hydrogens is 324 g/mol. The minimum atomic E-state index is -0.646. The summed E-state index contributed by atoms with van der Waals surface area (Å²) in [5, 5.41) is 4.77. The first-order chi connectivity index (χ1) is 9.54. The predicted molar refractivity (Wildman–Crippen MR) is 77.5 cm³/mol. The van der Waals surface area contributed by atoms with Crippen LogP contribution in [0.15, 0.2) is 34.8 Å². The number of imide groups is 1. The second kappa shape index (κ2) is 6.47. The Balaban J connectivity index is 1.92. The summed E-state index contributed by atoms with van der Waals surface area (Å²) >= 11 is 3.34. The molecule has 1 atom stereocenters. The number of piperidine rings is 1. The lowest BCUT2D eigenvalue weighted by molar-refractivity contribution is -0.136. The molecule has 3 amide bonds. The molecule has 0 saturated carbocycles. The molecule has 1 aromatic carbocycles. The number of amides is 3. The van der Waals surface area contributed by atoms with Gasteiger partial charge in [0.1, 0.15) is 6.04 Å². The van der Waals surface area contributed by atoms with E-state index in [9.17, 15) is 14.4 Å². The highest BCUT2D eigenvalue weighted by Crippen LogP contribution is 2.12. The van der Waals surface area contributed by atoms with Gasteiger partial charge in [-0.3, -0.25) is 19.7 Å². The van der Waals surface area contributed by atoms with Gasteiger partial charge in [0.05, 0.1) is 0 Å². The number of carbonyl (C=O) groups is 3. The topological polar surface area (TPSA) is 75.3 Å². The molecule has 5 nitrogen and oxygen atoms in total. The summed E-state index contributed by atoms with van der Waals surface area (Å²) in [6.45, 7) is 0. The van der Waals surface area contributed by atoms with E-state index in [0.29, 0.717) is 6.42 Å². The van der Waals surface area contributed by atoms with Crippen LogP contribution in [0.3, 0.4) is 0 Å². The summed E-state index contributed by atoms with van der Waals surface area (Å²) in [7, 11) is 0. The van der Waals surface area contributed by atoms with Crippen molar-refractivity contribution in [2.75, 3.05) is 0 Å². The molecule has 20 heavy (non-hydrogen) atoms. The molecule has 1 saturated heterocycles. The number of hydrogen-bond acceptors (Lipinski definition) is 3. The Kier molecular flexibility index (Phi) is 4.68. The van der Waals surface area contributed by atoms with Crippen molar-refractivity contribution < 1.29 is 14.4 Å². The van der Waals surface area contributed by atoms with Crippen LogP contribution in [0.1, 0.15) is 18.4 Å². The van der Waals surface area contributed by atoms with E-state index in [1.165, 1.54) is 6.08 Å². The minimum absolute atomic E-state index is 0.242. The summed E-state index contributed by atoms with van der Waals surface area (Å²) in [5.41, 5.74) is 0.873. The fraction of sp³-hybridized carbons (Fsp3) is 0.214. The fourth-order valence-electron chi connectivity index (χ4n) is 1.83. The van der Waals surface area contributed by atoms with Gasteiger partial charge in [-0.05, 0) is 30.2 Å². The molecule has 104 valence electrons. The van der Waals surface area contributed by atoms with Crippen molar-refractivity contribution >= 4 is 39.7 Å². The maximum atomic E-state index is 11.7. The zero-order chi connectivity index (χ0) is 14.5. The predicted octanol–water partition coefficient (Wildman–Crippen LogP) is 1.38. The monoisotopic (exact) mass is 336 g/mol. The quantitative estimate of drug-likeness (QED) is 0.646. The number of nitrogens with one attached hydrogen (secondary N) is 2. The first-order valence-corrected chi connectivity index (χ1v) is 6.92. The first-order valence-electron chi connectivity index (χ1n) is 6.12. The molecule has 1 fully saturated rings. The van der Waals surface area contributed by atoms with Crippen LogP contribution >= 0.6 is 15.9 Å². The van der Waals surface area contributed by atoms with Crippen LogP contribution in [-0.4, -0.2) is 23.8 Å². The van der Waals surface area contributed by atoms with Gasteiger partial charge >= 0.3 is 0 Å². The van der Waals surface area contributed by atoms with Gasteiger partial charge in [0.15, 0.2) is 0 Å². The van der Waals surface area contributed by atoms with Crippen molar-refractivity contribution in [1.29, 1.82) is 0 Å². The molecule has 1 unspecified atom stereocenters. The van der Waals surface area contributed by atoms with Crippen molar-refractivity contribution in [2.45, 2.75) is 18.9 Å². The number of hydrogen-bond donors (Lipinski definition) is 2. The number of carbonyl (C=O) groups excluding carboxylic acids is 3. The molecule has 0 spiro atoms. The van der Waals surface area contributed by atoms with Gasteiger partial charge in [0.25, 0.3) is 0 Å². The van der Waals surface area contributed by atoms with Crippen LogP contribution in [0.4, 0.5) is 0 Å². The average molecular weight is 337 g/mol. The lowest BCUT2D eigenvalue weighted by Gasteiger charge is -2.20. The molecule has 2 rings (SSSR count). The van der Waals surface area contributed by atoms with Crippen molar-refractivity contribution in [3.05, 3.63) is 40.4 Å². The first kappa shape index (κ1) is 14.5. The third-order valence-electron chi connectivity index (χ3n) is 2.83.